The standard InChI is InChI=1S/C16H16ClIN2O/c17-12-7-10-5-6-21-16(10)11(8-12)9-15(20-19)13-3-1-2-4-14(13)18/h1-4,7-8,15,20H,5-6,9,19H2. The molecule has 2 aromatic rings. The Hall–Kier alpha value is -0.820. The summed E-state index contributed by atoms with van der Waals surface area (Å²) in [5.74, 6) is 6.76. The van der Waals surface area contributed by atoms with Crippen LogP contribution in [0.15, 0.2) is 36.4 Å². The summed E-state index contributed by atoms with van der Waals surface area (Å²) in [6, 6.07) is 12.2. The molecular formula is C16H16ClIN2O. The molecule has 21 heavy (non-hydrogen) atoms. The molecule has 1 aliphatic heterocycles. The Morgan fingerprint density at radius 1 is 1.33 bits per heavy atom. The number of rotatable bonds is 4. The van der Waals surface area contributed by atoms with Crippen molar-refractivity contribution in [3.63, 3.8) is 0 Å². The van der Waals surface area contributed by atoms with Gasteiger partial charge in [-0.3, -0.25) is 11.3 Å². The second kappa shape index (κ2) is 6.52. The lowest BCUT2D eigenvalue weighted by atomic mass is 9.97. The van der Waals surface area contributed by atoms with E-state index in [1.165, 1.54) is 14.7 Å². The molecular weight excluding hydrogens is 399 g/mol. The molecule has 3 nitrogen and oxygen atoms in total. The van der Waals surface area contributed by atoms with Gasteiger partial charge in [-0.1, -0.05) is 29.8 Å². The highest BCUT2D eigenvalue weighted by molar-refractivity contribution is 14.1. The molecule has 110 valence electrons. The van der Waals surface area contributed by atoms with Gasteiger partial charge in [0.2, 0.25) is 0 Å². The van der Waals surface area contributed by atoms with Gasteiger partial charge < -0.3 is 4.74 Å². The normalized spacial score (nSPS) is 14.6. The number of nitrogens with two attached hydrogens (primary N) is 1. The molecule has 0 saturated heterocycles. The van der Waals surface area contributed by atoms with E-state index in [9.17, 15) is 0 Å². The molecule has 1 heterocycles. The summed E-state index contributed by atoms with van der Waals surface area (Å²) in [4.78, 5) is 0. The fourth-order valence-corrected chi connectivity index (χ4v) is 3.76. The van der Waals surface area contributed by atoms with E-state index in [1.54, 1.807) is 0 Å². The fourth-order valence-electron chi connectivity index (χ4n) is 2.73. The highest BCUT2D eigenvalue weighted by Gasteiger charge is 2.21. The third-order valence-electron chi connectivity index (χ3n) is 3.73. The second-order valence-corrected chi connectivity index (χ2v) is 6.70. The van der Waals surface area contributed by atoms with Gasteiger partial charge in [0.05, 0.1) is 12.6 Å². The van der Waals surface area contributed by atoms with E-state index in [1.807, 2.05) is 24.3 Å². The van der Waals surface area contributed by atoms with Crippen LogP contribution in [0.2, 0.25) is 5.02 Å². The zero-order valence-electron chi connectivity index (χ0n) is 11.4. The van der Waals surface area contributed by atoms with Crippen molar-refractivity contribution in [2.75, 3.05) is 6.61 Å². The lowest BCUT2D eigenvalue weighted by Crippen LogP contribution is -2.30. The van der Waals surface area contributed by atoms with Crippen LogP contribution in [0.25, 0.3) is 0 Å². The van der Waals surface area contributed by atoms with Gasteiger partial charge in [0.1, 0.15) is 5.75 Å². The van der Waals surface area contributed by atoms with Crippen molar-refractivity contribution in [2.24, 2.45) is 5.84 Å². The number of ether oxygens (including phenoxy) is 1. The average Bonchev–Trinajstić information content (AvgIpc) is 2.93. The van der Waals surface area contributed by atoms with Gasteiger partial charge in [0.15, 0.2) is 0 Å². The zero-order chi connectivity index (χ0) is 14.8. The number of hydrogen-bond acceptors (Lipinski definition) is 3. The van der Waals surface area contributed by atoms with E-state index in [-0.39, 0.29) is 6.04 Å². The van der Waals surface area contributed by atoms with Crippen LogP contribution in [0.3, 0.4) is 0 Å². The third-order valence-corrected chi connectivity index (χ3v) is 4.93. The number of fused-ring (bicyclic) bond motifs is 1. The molecule has 1 unspecified atom stereocenters. The van der Waals surface area contributed by atoms with Crippen molar-refractivity contribution >= 4 is 34.2 Å². The molecule has 1 atom stereocenters. The Balaban J connectivity index is 1.94. The molecule has 2 aromatic carbocycles. The van der Waals surface area contributed by atoms with Gasteiger partial charge in [-0.05, 0) is 63.9 Å². The molecule has 3 N–H and O–H groups in total. The second-order valence-electron chi connectivity index (χ2n) is 5.10. The Labute approximate surface area is 142 Å². The highest BCUT2D eigenvalue weighted by Crippen LogP contribution is 2.35. The summed E-state index contributed by atoms with van der Waals surface area (Å²) >= 11 is 8.56. The van der Waals surface area contributed by atoms with E-state index < -0.39 is 0 Å². The van der Waals surface area contributed by atoms with Gasteiger partial charge in [0, 0.05) is 15.0 Å². The zero-order valence-corrected chi connectivity index (χ0v) is 14.3. The Kier molecular flexibility index (Phi) is 4.69. The van der Waals surface area contributed by atoms with E-state index >= 15 is 0 Å². The summed E-state index contributed by atoms with van der Waals surface area (Å²) in [7, 11) is 0. The lowest BCUT2D eigenvalue weighted by molar-refractivity contribution is 0.351. The molecule has 0 aliphatic carbocycles. The molecule has 0 saturated carbocycles. The van der Waals surface area contributed by atoms with Gasteiger partial charge in [-0.15, -0.1) is 0 Å². The minimum absolute atomic E-state index is 0.0323. The number of hydrogen-bond donors (Lipinski definition) is 2. The minimum atomic E-state index is 0.0323. The first-order valence-corrected chi connectivity index (χ1v) is 8.29. The van der Waals surface area contributed by atoms with Crippen LogP contribution in [0.5, 0.6) is 5.75 Å². The summed E-state index contributed by atoms with van der Waals surface area (Å²) < 4.78 is 6.96. The molecule has 0 aromatic heterocycles. The first-order chi connectivity index (χ1) is 10.2. The highest BCUT2D eigenvalue weighted by atomic mass is 127. The maximum atomic E-state index is 6.22. The van der Waals surface area contributed by atoms with Crippen LogP contribution < -0.4 is 16.0 Å². The van der Waals surface area contributed by atoms with Crippen molar-refractivity contribution in [3.8, 4) is 5.75 Å². The van der Waals surface area contributed by atoms with E-state index in [0.717, 1.165) is 35.8 Å². The van der Waals surface area contributed by atoms with E-state index in [2.05, 4.69) is 40.1 Å². The van der Waals surface area contributed by atoms with Crippen molar-refractivity contribution < 1.29 is 4.74 Å². The molecule has 0 radical (unpaired) electrons. The number of nitrogens with one attached hydrogen (secondary N) is 1. The van der Waals surface area contributed by atoms with Crippen LogP contribution in [0.1, 0.15) is 22.7 Å². The summed E-state index contributed by atoms with van der Waals surface area (Å²) in [5, 5.41) is 0.757. The van der Waals surface area contributed by atoms with Crippen molar-refractivity contribution in [2.45, 2.75) is 18.9 Å². The predicted octanol–water partition coefficient (Wildman–Crippen LogP) is 3.63. The van der Waals surface area contributed by atoms with Crippen molar-refractivity contribution in [3.05, 3.63) is 61.7 Å². The Morgan fingerprint density at radius 2 is 2.14 bits per heavy atom. The smallest absolute Gasteiger partial charge is 0.125 e. The van der Waals surface area contributed by atoms with Crippen LogP contribution in [0, 0.1) is 3.57 Å². The van der Waals surface area contributed by atoms with Gasteiger partial charge in [-0.2, -0.15) is 0 Å². The lowest BCUT2D eigenvalue weighted by Gasteiger charge is -2.19. The third kappa shape index (κ3) is 3.18. The number of benzene rings is 2. The molecule has 0 bridgehead atoms. The van der Waals surface area contributed by atoms with Crippen LogP contribution >= 0.6 is 34.2 Å². The predicted molar refractivity (Wildman–Crippen MR) is 93.6 cm³/mol. The summed E-state index contributed by atoms with van der Waals surface area (Å²) in [5.41, 5.74) is 6.40. The SMILES string of the molecule is NNC(Cc1cc(Cl)cc2c1OCC2)c1ccccc1I. The summed E-state index contributed by atoms with van der Waals surface area (Å²) in [6.45, 7) is 0.728. The van der Waals surface area contributed by atoms with Gasteiger partial charge in [-0.25, -0.2) is 0 Å². The molecule has 1 aliphatic rings. The molecule has 0 amide bonds. The van der Waals surface area contributed by atoms with Crippen LogP contribution in [-0.4, -0.2) is 6.61 Å². The molecule has 0 spiro atoms. The maximum absolute atomic E-state index is 6.22. The van der Waals surface area contributed by atoms with Crippen molar-refractivity contribution in [1.29, 1.82) is 0 Å². The van der Waals surface area contributed by atoms with E-state index in [4.69, 9.17) is 22.2 Å². The largest absolute Gasteiger partial charge is 0.493 e. The topological polar surface area (TPSA) is 47.3 Å². The molecule has 3 rings (SSSR count). The van der Waals surface area contributed by atoms with Gasteiger partial charge >= 0.3 is 0 Å². The average molecular weight is 415 g/mol. The van der Waals surface area contributed by atoms with Crippen LogP contribution in [-0.2, 0) is 12.8 Å². The Bertz CT molecular complexity index is 663. The number of halogens is 2. The summed E-state index contributed by atoms with van der Waals surface area (Å²) in [6.07, 6.45) is 1.67. The quantitative estimate of drug-likeness (QED) is 0.456. The number of hydrazine groups is 1. The van der Waals surface area contributed by atoms with Gasteiger partial charge in [0.25, 0.3) is 0 Å². The van der Waals surface area contributed by atoms with E-state index in [0.29, 0.717) is 0 Å². The first-order valence-electron chi connectivity index (χ1n) is 6.83. The van der Waals surface area contributed by atoms with Crippen LogP contribution in [0.4, 0.5) is 0 Å². The molecule has 0 fully saturated rings. The monoisotopic (exact) mass is 414 g/mol. The maximum Gasteiger partial charge on any atom is 0.125 e. The Morgan fingerprint density at radius 3 is 2.90 bits per heavy atom. The van der Waals surface area contributed by atoms with Crippen molar-refractivity contribution in [1.82, 2.24) is 5.43 Å². The molecule has 5 heteroatoms. The minimum Gasteiger partial charge on any atom is -0.493 e. The first kappa shape index (κ1) is 15.1. The fraction of sp³-hybridized carbons (Fsp3) is 0.250.